The predicted molar refractivity (Wildman–Crippen MR) is 92.6 cm³/mol. The number of ether oxygens (including phenoxy) is 1. The third-order valence-corrected chi connectivity index (χ3v) is 4.54. The normalized spacial score (nSPS) is 16.6. The molecule has 2 aromatic rings. The van der Waals surface area contributed by atoms with E-state index in [1.54, 1.807) is 29.1 Å². The monoisotopic (exact) mass is 358 g/mol. The van der Waals surface area contributed by atoms with E-state index >= 15 is 0 Å². The molecule has 0 aliphatic carbocycles. The predicted octanol–water partition coefficient (Wildman–Crippen LogP) is 1.65. The molecule has 8 heteroatoms. The Hall–Kier alpha value is -2.90. The smallest absolute Gasteiger partial charge is 0.276 e. The van der Waals surface area contributed by atoms with E-state index in [-0.39, 0.29) is 30.2 Å². The molecule has 0 saturated carbocycles. The van der Waals surface area contributed by atoms with Crippen molar-refractivity contribution < 1.29 is 18.8 Å². The molecule has 3 heterocycles. The van der Waals surface area contributed by atoms with E-state index in [1.165, 1.54) is 6.92 Å². The number of likely N-dealkylation sites (N-methyl/N-ethyl adjacent to an activating group) is 1. The summed E-state index contributed by atoms with van der Waals surface area (Å²) < 4.78 is 10.8. The SMILES string of the molecule is CC(=O)N(C)[C@@H]1CCN(C(=O)c2cc(COc3ccc(C)nc3)on2)C1. The number of nitrogens with zero attached hydrogens (tertiary/aromatic N) is 4. The maximum atomic E-state index is 12.6. The quantitative estimate of drug-likeness (QED) is 0.807. The van der Waals surface area contributed by atoms with Crippen LogP contribution < -0.4 is 4.74 Å². The van der Waals surface area contributed by atoms with Gasteiger partial charge >= 0.3 is 0 Å². The first-order valence-corrected chi connectivity index (χ1v) is 8.47. The van der Waals surface area contributed by atoms with Gasteiger partial charge in [0.2, 0.25) is 5.91 Å². The fourth-order valence-electron chi connectivity index (χ4n) is 2.84. The number of rotatable bonds is 5. The van der Waals surface area contributed by atoms with Gasteiger partial charge in [0.15, 0.2) is 11.5 Å². The molecule has 1 atom stereocenters. The molecule has 0 aromatic carbocycles. The Morgan fingerprint density at radius 3 is 2.92 bits per heavy atom. The fourth-order valence-corrected chi connectivity index (χ4v) is 2.84. The fraction of sp³-hybridized carbons (Fsp3) is 0.444. The standard InChI is InChI=1S/C18H22N4O4/c1-12-4-5-15(9-19-12)25-11-16-8-17(20-26-16)18(24)22-7-6-14(10-22)21(3)13(2)23/h4-5,8-9,14H,6-7,10-11H2,1-3H3/t14-/m1/s1. The van der Waals surface area contributed by atoms with E-state index in [0.717, 1.165) is 12.1 Å². The van der Waals surface area contributed by atoms with Gasteiger partial charge in [0.05, 0.1) is 12.2 Å². The summed E-state index contributed by atoms with van der Waals surface area (Å²) in [4.78, 5) is 31.5. The van der Waals surface area contributed by atoms with Crippen molar-refractivity contribution in [3.63, 3.8) is 0 Å². The highest BCUT2D eigenvalue weighted by Crippen LogP contribution is 2.18. The van der Waals surface area contributed by atoms with Gasteiger partial charge in [-0.05, 0) is 25.5 Å². The van der Waals surface area contributed by atoms with Crippen molar-refractivity contribution >= 4 is 11.8 Å². The summed E-state index contributed by atoms with van der Waals surface area (Å²) in [6.45, 7) is 4.69. The van der Waals surface area contributed by atoms with Gasteiger partial charge in [0, 0.05) is 38.8 Å². The zero-order valence-electron chi connectivity index (χ0n) is 15.1. The summed E-state index contributed by atoms with van der Waals surface area (Å²) in [5.74, 6) is 0.882. The highest BCUT2D eigenvalue weighted by molar-refractivity contribution is 5.92. The molecule has 3 rings (SSSR count). The molecule has 0 unspecified atom stereocenters. The second-order valence-electron chi connectivity index (χ2n) is 6.43. The number of carbonyl (C=O) groups excluding carboxylic acids is 2. The highest BCUT2D eigenvalue weighted by atomic mass is 16.5. The summed E-state index contributed by atoms with van der Waals surface area (Å²) in [6, 6.07) is 5.30. The molecule has 0 bridgehead atoms. The lowest BCUT2D eigenvalue weighted by molar-refractivity contribution is -0.129. The first-order chi connectivity index (χ1) is 12.4. The molecule has 2 aromatic heterocycles. The summed E-state index contributed by atoms with van der Waals surface area (Å²) >= 11 is 0. The third kappa shape index (κ3) is 4.01. The number of aryl methyl sites for hydroxylation is 1. The van der Waals surface area contributed by atoms with Gasteiger partial charge < -0.3 is 19.1 Å². The van der Waals surface area contributed by atoms with Crippen LogP contribution in [0.4, 0.5) is 0 Å². The lowest BCUT2D eigenvalue weighted by Crippen LogP contribution is -2.39. The van der Waals surface area contributed by atoms with Crippen molar-refractivity contribution in [2.24, 2.45) is 0 Å². The van der Waals surface area contributed by atoms with Crippen LogP contribution in [-0.2, 0) is 11.4 Å². The second kappa shape index (κ2) is 7.55. The Labute approximate surface area is 151 Å². The van der Waals surface area contributed by atoms with E-state index in [2.05, 4.69) is 10.1 Å². The minimum atomic E-state index is -0.198. The largest absolute Gasteiger partial charge is 0.484 e. The molecule has 1 aliphatic rings. The first-order valence-electron chi connectivity index (χ1n) is 8.47. The van der Waals surface area contributed by atoms with Crippen LogP contribution in [0.5, 0.6) is 5.75 Å². The number of hydrogen-bond acceptors (Lipinski definition) is 6. The Balaban J connectivity index is 1.56. The lowest BCUT2D eigenvalue weighted by atomic mass is 10.2. The molecule has 0 N–H and O–H groups in total. The molecule has 8 nitrogen and oxygen atoms in total. The Kier molecular flexibility index (Phi) is 5.20. The average Bonchev–Trinajstić information content (AvgIpc) is 3.29. The van der Waals surface area contributed by atoms with Crippen LogP contribution in [0.15, 0.2) is 28.9 Å². The molecule has 0 spiro atoms. The Bertz CT molecular complexity index is 787. The van der Waals surface area contributed by atoms with Gasteiger partial charge in [-0.2, -0.15) is 0 Å². The van der Waals surface area contributed by atoms with E-state index < -0.39 is 0 Å². The van der Waals surface area contributed by atoms with Crippen LogP contribution in [0.2, 0.25) is 0 Å². The van der Waals surface area contributed by atoms with Gasteiger partial charge in [-0.15, -0.1) is 0 Å². The van der Waals surface area contributed by atoms with Gasteiger partial charge in [0.25, 0.3) is 5.91 Å². The maximum Gasteiger partial charge on any atom is 0.276 e. The van der Waals surface area contributed by atoms with Crippen molar-refractivity contribution in [3.05, 3.63) is 41.5 Å². The van der Waals surface area contributed by atoms with Crippen molar-refractivity contribution in [2.45, 2.75) is 32.9 Å². The molecule has 1 fully saturated rings. The summed E-state index contributed by atoms with van der Waals surface area (Å²) in [7, 11) is 1.76. The number of likely N-dealkylation sites (tertiary alicyclic amines) is 1. The number of amides is 2. The number of carbonyl (C=O) groups is 2. The van der Waals surface area contributed by atoms with Gasteiger partial charge in [0.1, 0.15) is 12.4 Å². The molecule has 26 heavy (non-hydrogen) atoms. The first kappa shape index (κ1) is 17.9. The van der Waals surface area contributed by atoms with E-state index in [9.17, 15) is 9.59 Å². The van der Waals surface area contributed by atoms with Crippen molar-refractivity contribution in [1.29, 1.82) is 0 Å². The van der Waals surface area contributed by atoms with Gasteiger partial charge in [-0.3, -0.25) is 14.6 Å². The highest BCUT2D eigenvalue weighted by Gasteiger charge is 2.31. The molecule has 1 aliphatic heterocycles. The number of hydrogen-bond donors (Lipinski definition) is 0. The van der Waals surface area contributed by atoms with Crippen molar-refractivity contribution in [1.82, 2.24) is 19.9 Å². The summed E-state index contributed by atoms with van der Waals surface area (Å²) in [5, 5.41) is 3.85. The summed E-state index contributed by atoms with van der Waals surface area (Å²) in [5.41, 5.74) is 1.15. The third-order valence-electron chi connectivity index (χ3n) is 4.54. The summed E-state index contributed by atoms with van der Waals surface area (Å²) in [6.07, 6.45) is 2.39. The van der Waals surface area contributed by atoms with Crippen LogP contribution in [0.3, 0.4) is 0 Å². The number of aromatic nitrogens is 2. The van der Waals surface area contributed by atoms with Crippen LogP contribution in [0.1, 0.15) is 35.3 Å². The van der Waals surface area contributed by atoms with Crippen molar-refractivity contribution in [2.75, 3.05) is 20.1 Å². The lowest BCUT2D eigenvalue weighted by Gasteiger charge is -2.23. The molecular formula is C18H22N4O4. The molecule has 1 saturated heterocycles. The second-order valence-corrected chi connectivity index (χ2v) is 6.43. The van der Waals surface area contributed by atoms with E-state index in [4.69, 9.17) is 9.26 Å². The zero-order valence-corrected chi connectivity index (χ0v) is 15.1. The topological polar surface area (TPSA) is 88.8 Å². The molecule has 2 amide bonds. The van der Waals surface area contributed by atoms with Crippen LogP contribution in [0, 0.1) is 6.92 Å². The zero-order chi connectivity index (χ0) is 18.7. The van der Waals surface area contributed by atoms with E-state index in [1.807, 2.05) is 19.1 Å². The average molecular weight is 358 g/mol. The molecule has 138 valence electrons. The van der Waals surface area contributed by atoms with E-state index in [0.29, 0.717) is 24.6 Å². The maximum absolute atomic E-state index is 12.6. The van der Waals surface area contributed by atoms with Crippen LogP contribution in [0.25, 0.3) is 0 Å². The Morgan fingerprint density at radius 2 is 2.23 bits per heavy atom. The minimum absolute atomic E-state index is 0.00392. The molecular weight excluding hydrogens is 336 g/mol. The van der Waals surface area contributed by atoms with Crippen molar-refractivity contribution in [3.8, 4) is 5.75 Å². The number of pyridine rings is 1. The Morgan fingerprint density at radius 1 is 1.42 bits per heavy atom. The minimum Gasteiger partial charge on any atom is -0.484 e. The molecule has 0 radical (unpaired) electrons. The van der Waals surface area contributed by atoms with Crippen LogP contribution >= 0.6 is 0 Å². The van der Waals surface area contributed by atoms with Gasteiger partial charge in [-0.1, -0.05) is 5.16 Å². The van der Waals surface area contributed by atoms with Gasteiger partial charge in [-0.25, -0.2) is 0 Å². The van der Waals surface area contributed by atoms with Crippen LogP contribution in [-0.4, -0.2) is 57.9 Å².